The Bertz CT molecular complexity index is 811. The van der Waals surface area contributed by atoms with Gasteiger partial charge in [0.2, 0.25) is 0 Å². The number of aryl methyl sites for hydroxylation is 1. The van der Waals surface area contributed by atoms with Gasteiger partial charge in [0.25, 0.3) is 11.8 Å². The zero-order valence-corrected chi connectivity index (χ0v) is 16.2. The van der Waals surface area contributed by atoms with Crippen molar-refractivity contribution in [3.63, 3.8) is 0 Å². The van der Waals surface area contributed by atoms with Crippen LogP contribution < -0.4 is 10.6 Å². The Kier molecular flexibility index (Phi) is 6.75. The quantitative estimate of drug-likeness (QED) is 0.835. The number of thiophene rings is 1. The van der Waals surface area contributed by atoms with E-state index >= 15 is 0 Å². The molecule has 1 atom stereocenters. The third kappa shape index (κ3) is 4.41. The van der Waals surface area contributed by atoms with E-state index in [9.17, 15) is 14.0 Å². The lowest BCUT2D eigenvalue weighted by Gasteiger charge is -2.33. The fraction of sp³-hybridized carbons (Fsp3) is 0.333. The molecule has 1 aromatic carbocycles. The molecule has 26 heavy (non-hydrogen) atoms. The number of benzene rings is 1. The molecule has 1 aromatic heterocycles. The number of halogens is 2. The molecule has 8 heteroatoms. The predicted octanol–water partition coefficient (Wildman–Crippen LogP) is 3.30. The van der Waals surface area contributed by atoms with Crippen LogP contribution in [0, 0.1) is 12.7 Å². The van der Waals surface area contributed by atoms with E-state index in [1.165, 1.54) is 29.5 Å². The van der Waals surface area contributed by atoms with Gasteiger partial charge in [0.05, 0.1) is 9.88 Å². The molecular formula is C18H21ClFN3O2S. The molecule has 140 valence electrons. The predicted molar refractivity (Wildman–Crippen MR) is 104 cm³/mol. The molecule has 0 aliphatic carbocycles. The van der Waals surface area contributed by atoms with Gasteiger partial charge in [-0.15, -0.1) is 23.7 Å². The third-order valence-corrected chi connectivity index (χ3v) is 5.34. The summed E-state index contributed by atoms with van der Waals surface area (Å²) in [5.41, 5.74) is 1.07. The highest BCUT2D eigenvalue weighted by Crippen LogP contribution is 2.29. The fourth-order valence-corrected chi connectivity index (χ4v) is 3.87. The van der Waals surface area contributed by atoms with Crippen LogP contribution >= 0.6 is 23.7 Å². The van der Waals surface area contributed by atoms with E-state index in [0.29, 0.717) is 16.4 Å². The molecule has 2 amide bonds. The summed E-state index contributed by atoms with van der Waals surface area (Å²) in [5.74, 6) is -0.864. The molecule has 0 radical (unpaired) electrons. The number of nitrogens with one attached hydrogen (secondary N) is 2. The highest BCUT2D eigenvalue weighted by atomic mass is 35.5. The number of piperazine rings is 1. The molecule has 3 rings (SSSR count). The van der Waals surface area contributed by atoms with Crippen LogP contribution in [0.1, 0.15) is 32.5 Å². The van der Waals surface area contributed by atoms with Gasteiger partial charge >= 0.3 is 0 Å². The van der Waals surface area contributed by atoms with E-state index in [2.05, 4.69) is 10.6 Å². The summed E-state index contributed by atoms with van der Waals surface area (Å²) < 4.78 is 13.3. The number of carbonyl (C=O) groups excluding carboxylic acids is 2. The van der Waals surface area contributed by atoms with Gasteiger partial charge in [-0.05, 0) is 43.7 Å². The van der Waals surface area contributed by atoms with Gasteiger partial charge in [0.1, 0.15) is 5.82 Å². The second-order valence-electron chi connectivity index (χ2n) is 6.14. The molecule has 0 saturated carbocycles. The monoisotopic (exact) mass is 397 g/mol. The molecule has 1 saturated heterocycles. The van der Waals surface area contributed by atoms with Gasteiger partial charge < -0.3 is 15.5 Å². The van der Waals surface area contributed by atoms with Crippen molar-refractivity contribution < 1.29 is 14.0 Å². The minimum Gasteiger partial charge on any atom is -0.333 e. The van der Waals surface area contributed by atoms with E-state index in [1.54, 1.807) is 12.1 Å². The Morgan fingerprint density at radius 2 is 2.12 bits per heavy atom. The number of amides is 2. The summed E-state index contributed by atoms with van der Waals surface area (Å²) in [4.78, 5) is 27.5. The van der Waals surface area contributed by atoms with Gasteiger partial charge in [0.15, 0.2) is 0 Å². The van der Waals surface area contributed by atoms with Gasteiger partial charge in [-0.2, -0.15) is 0 Å². The zero-order chi connectivity index (χ0) is 18.0. The topological polar surface area (TPSA) is 61.4 Å². The minimum absolute atomic E-state index is 0. The first kappa shape index (κ1) is 20.4. The Hall–Kier alpha value is -1.96. The summed E-state index contributed by atoms with van der Waals surface area (Å²) in [5, 5.41) is 6.59. The van der Waals surface area contributed by atoms with E-state index in [0.717, 1.165) is 18.7 Å². The van der Waals surface area contributed by atoms with Gasteiger partial charge in [0, 0.05) is 31.2 Å². The molecule has 2 heterocycles. The molecule has 0 bridgehead atoms. The number of nitrogens with zero attached hydrogens (tertiary/aromatic N) is 1. The molecule has 2 N–H and O–H groups in total. The van der Waals surface area contributed by atoms with Crippen LogP contribution in [-0.2, 0) is 0 Å². The molecule has 0 unspecified atom stereocenters. The number of carbonyl (C=O) groups is 2. The van der Waals surface area contributed by atoms with Gasteiger partial charge in [-0.25, -0.2) is 4.39 Å². The number of hydrogen-bond acceptors (Lipinski definition) is 4. The van der Waals surface area contributed by atoms with Crippen LogP contribution in [0.15, 0.2) is 30.3 Å². The zero-order valence-electron chi connectivity index (χ0n) is 14.5. The van der Waals surface area contributed by atoms with Crippen LogP contribution in [-0.4, -0.2) is 42.4 Å². The van der Waals surface area contributed by atoms with E-state index < -0.39 is 11.7 Å². The van der Waals surface area contributed by atoms with Crippen molar-refractivity contribution in [3.8, 4) is 0 Å². The van der Waals surface area contributed by atoms with Crippen LogP contribution in [0.4, 0.5) is 9.39 Å². The lowest BCUT2D eigenvalue weighted by atomic mass is 10.2. The van der Waals surface area contributed by atoms with E-state index in [-0.39, 0.29) is 29.9 Å². The maximum Gasteiger partial charge on any atom is 0.264 e. The van der Waals surface area contributed by atoms with Crippen molar-refractivity contribution in [1.29, 1.82) is 0 Å². The van der Waals surface area contributed by atoms with Crippen molar-refractivity contribution in [2.75, 3.05) is 25.0 Å². The van der Waals surface area contributed by atoms with Gasteiger partial charge in [-0.3, -0.25) is 9.59 Å². The second kappa shape index (κ2) is 8.62. The standard InChI is InChI=1S/C18H20FN3O2S.ClH/c1-11-8-15(21-17(23)13-4-3-5-14(19)9-13)25-16(11)18(24)22-7-6-20-10-12(22)2;/h3-5,8-9,12,20H,6-7,10H2,1-2H3,(H,21,23);1H/t12-;/m0./s1. The lowest BCUT2D eigenvalue weighted by molar-refractivity contribution is 0.0660. The number of anilines is 1. The van der Waals surface area contributed by atoms with Crippen LogP contribution in [0.5, 0.6) is 0 Å². The molecule has 2 aromatic rings. The first-order valence-corrected chi connectivity index (χ1v) is 8.96. The Morgan fingerprint density at radius 1 is 1.35 bits per heavy atom. The number of rotatable bonds is 3. The first-order valence-electron chi connectivity index (χ1n) is 8.14. The average molecular weight is 398 g/mol. The summed E-state index contributed by atoms with van der Waals surface area (Å²) in [6, 6.07) is 7.43. The van der Waals surface area contributed by atoms with Crippen molar-refractivity contribution in [2.45, 2.75) is 19.9 Å². The molecule has 0 spiro atoms. The van der Waals surface area contributed by atoms with E-state index in [4.69, 9.17) is 0 Å². The maximum atomic E-state index is 13.3. The average Bonchev–Trinajstić information content (AvgIpc) is 2.95. The summed E-state index contributed by atoms with van der Waals surface area (Å²) >= 11 is 1.25. The molecule has 1 fully saturated rings. The maximum absolute atomic E-state index is 13.3. The normalized spacial score (nSPS) is 16.7. The summed E-state index contributed by atoms with van der Waals surface area (Å²) in [6.07, 6.45) is 0. The lowest BCUT2D eigenvalue weighted by Crippen LogP contribution is -2.52. The molecule has 1 aliphatic heterocycles. The smallest absolute Gasteiger partial charge is 0.264 e. The van der Waals surface area contributed by atoms with Crippen molar-refractivity contribution in [1.82, 2.24) is 10.2 Å². The van der Waals surface area contributed by atoms with Crippen LogP contribution in [0.3, 0.4) is 0 Å². The van der Waals surface area contributed by atoms with Crippen LogP contribution in [0.2, 0.25) is 0 Å². The molecule has 5 nitrogen and oxygen atoms in total. The molecule has 1 aliphatic rings. The van der Waals surface area contributed by atoms with Crippen molar-refractivity contribution >= 4 is 40.6 Å². The third-order valence-electron chi connectivity index (χ3n) is 4.20. The Balaban J connectivity index is 0.00000243. The minimum atomic E-state index is -0.460. The van der Waals surface area contributed by atoms with Crippen molar-refractivity contribution in [3.05, 3.63) is 52.2 Å². The Morgan fingerprint density at radius 3 is 2.81 bits per heavy atom. The van der Waals surface area contributed by atoms with E-state index in [1.807, 2.05) is 18.7 Å². The van der Waals surface area contributed by atoms with Crippen molar-refractivity contribution in [2.24, 2.45) is 0 Å². The first-order chi connectivity index (χ1) is 12.0. The summed E-state index contributed by atoms with van der Waals surface area (Å²) in [7, 11) is 0. The number of hydrogen-bond donors (Lipinski definition) is 2. The highest BCUT2D eigenvalue weighted by Gasteiger charge is 2.26. The fourth-order valence-electron chi connectivity index (χ4n) is 2.84. The highest BCUT2D eigenvalue weighted by molar-refractivity contribution is 7.18. The van der Waals surface area contributed by atoms with Crippen LogP contribution in [0.25, 0.3) is 0 Å². The van der Waals surface area contributed by atoms with Gasteiger partial charge in [-0.1, -0.05) is 6.07 Å². The summed E-state index contributed by atoms with van der Waals surface area (Å²) in [6.45, 7) is 6.10. The SMILES string of the molecule is Cc1cc(NC(=O)c2cccc(F)c2)sc1C(=O)N1CCNC[C@@H]1C.Cl. The Labute approximate surface area is 162 Å². The largest absolute Gasteiger partial charge is 0.333 e. The second-order valence-corrected chi connectivity index (χ2v) is 7.19. The molecular weight excluding hydrogens is 377 g/mol.